The zero-order valence-electron chi connectivity index (χ0n) is 17.9. The molecule has 33 heavy (non-hydrogen) atoms. The minimum Gasteiger partial charge on any atom is -0.469 e. The molecule has 2 aromatic carbocycles. The lowest BCUT2D eigenvalue weighted by atomic mass is 10.1. The second-order valence-corrected chi connectivity index (χ2v) is 8.76. The second-order valence-electron chi connectivity index (χ2n) is 7.73. The van der Waals surface area contributed by atoms with E-state index < -0.39 is 0 Å². The van der Waals surface area contributed by atoms with Crippen molar-refractivity contribution in [2.75, 3.05) is 10.2 Å². The monoisotopic (exact) mass is 455 g/mol. The van der Waals surface area contributed by atoms with Crippen molar-refractivity contribution in [1.29, 1.82) is 0 Å². The molecule has 0 saturated carbocycles. The van der Waals surface area contributed by atoms with Crippen molar-refractivity contribution in [3.05, 3.63) is 102 Å². The molecule has 0 spiro atoms. The SMILES string of the molecule is Cc1occc1CC(=O)Nc1ccc(C(=O)N2Cc3ccccc3Sc3ncccc32)cc1. The fraction of sp³-hybridized carbons (Fsp3) is 0.115. The van der Waals surface area contributed by atoms with Gasteiger partial charge in [0.2, 0.25) is 5.91 Å². The minimum absolute atomic E-state index is 0.117. The van der Waals surface area contributed by atoms with Gasteiger partial charge in [0.15, 0.2) is 0 Å². The molecule has 1 aliphatic rings. The number of hydrogen-bond acceptors (Lipinski definition) is 5. The van der Waals surface area contributed by atoms with Crippen molar-refractivity contribution in [2.24, 2.45) is 0 Å². The first kappa shape index (κ1) is 21.0. The molecule has 0 fully saturated rings. The average molecular weight is 456 g/mol. The van der Waals surface area contributed by atoms with E-state index in [4.69, 9.17) is 4.42 Å². The van der Waals surface area contributed by atoms with Gasteiger partial charge in [-0.3, -0.25) is 9.59 Å². The van der Waals surface area contributed by atoms with Crippen molar-refractivity contribution in [3.8, 4) is 0 Å². The summed E-state index contributed by atoms with van der Waals surface area (Å²) >= 11 is 1.57. The number of aromatic nitrogens is 1. The number of hydrogen-bond donors (Lipinski definition) is 1. The molecule has 164 valence electrons. The van der Waals surface area contributed by atoms with Gasteiger partial charge in [0.1, 0.15) is 10.8 Å². The van der Waals surface area contributed by atoms with Gasteiger partial charge in [-0.05, 0) is 61.0 Å². The van der Waals surface area contributed by atoms with Crippen molar-refractivity contribution >= 4 is 35.0 Å². The van der Waals surface area contributed by atoms with Crippen molar-refractivity contribution in [3.63, 3.8) is 0 Å². The fourth-order valence-corrected chi connectivity index (χ4v) is 4.78. The summed E-state index contributed by atoms with van der Waals surface area (Å²) in [6, 6.07) is 20.6. The number of aryl methyl sites for hydroxylation is 1. The van der Waals surface area contributed by atoms with Gasteiger partial charge in [0.25, 0.3) is 5.91 Å². The number of pyridine rings is 1. The number of fused-ring (bicyclic) bond motifs is 2. The molecule has 7 heteroatoms. The molecule has 0 aliphatic carbocycles. The van der Waals surface area contributed by atoms with Gasteiger partial charge in [0.05, 0.1) is 24.9 Å². The molecule has 4 aromatic rings. The molecular weight excluding hydrogens is 434 g/mol. The maximum absolute atomic E-state index is 13.5. The first-order valence-electron chi connectivity index (χ1n) is 10.5. The Bertz CT molecular complexity index is 1330. The summed E-state index contributed by atoms with van der Waals surface area (Å²) in [5, 5.41) is 3.67. The molecule has 0 bridgehead atoms. The van der Waals surface area contributed by atoms with E-state index in [2.05, 4.69) is 16.4 Å². The third-order valence-corrected chi connectivity index (χ3v) is 6.65. The number of anilines is 2. The van der Waals surface area contributed by atoms with Gasteiger partial charge in [-0.15, -0.1) is 0 Å². The Labute approximate surface area is 195 Å². The van der Waals surface area contributed by atoms with E-state index in [1.165, 1.54) is 0 Å². The highest BCUT2D eigenvalue weighted by molar-refractivity contribution is 7.99. The van der Waals surface area contributed by atoms with Crippen LogP contribution >= 0.6 is 11.8 Å². The van der Waals surface area contributed by atoms with E-state index in [0.717, 1.165) is 32.5 Å². The van der Waals surface area contributed by atoms with Crippen LogP contribution in [-0.2, 0) is 17.8 Å². The predicted molar refractivity (Wildman–Crippen MR) is 128 cm³/mol. The van der Waals surface area contributed by atoms with E-state index in [9.17, 15) is 9.59 Å². The van der Waals surface area contributed by atoms with E-state index in [0.29, 0.717) is 17.8 Å². The number of carbonyl (C=O) groups is 2. The second kappa shape index (κ2) is 8.96. The maximum Gasteiger partial charge on any atom is 0.258 e. The smallest absolute Gasteiger partial charge is 0.258 e. The Balaban J connectivity index is 1.36. The van der Waals surface area contributed by atoms with Crippen molar-refractivity contribution < 1.29 is 14.0 Å². The molecule has 2 amide bonds. The number of benzene rings is 2. The van der Waals surface area contributed by atoms with Crippen LogP contribution in [0.4, 0.5) is 11.4 Å². The molecular formula is C26H21N3O3S. The van der Waals surface area contributed by atoms with Crippen LogP contribution in [0.1, 0.15) is 27.2 Å². The van der Waals surface area contributed by atoms with Crippen LogP contribution in [-0.4, -0.2) is 16.8 Å². The summed E-state index contributed by atoms with van der Waals surface area (Å²) in [5.41, 5.74) is 3.89. The van der Waals surface area contributed by atoms with Crippen molar-refractivity contribution in [1.82, 2.24) is 4.98 Å². The largest absolute Gasteiger partial charge is 0.469 e. The summed E-state index contributed by atoms with van der Waals surface area (Å²) in [6.45, 7) is 2.29. The van der Waals surface area contributed by atoms with E-state index in [1.807, 2.05) is 37.3 Å². The molecule has 0 atom stereocenters. The summed E-state index contributed by atoms with van der Waals surface area (Å²) < 4.78 is 5.24. The molecule has 0 radical (unpaired) electrons. The van der Waals surface area contributed by atoms with E-state index >= 15 is 0 Å². The van der Waals surface area contributed by atoms with Gasteiger partial charge in [0, 0.05) is 27.9 Å². The molecule has 3 heterocycles. The van der Waals surface area contributed by atoms with Crippen LogP contribution in [0.25, 0.3) is 0 Å². The van der Waals surface area contributed by atoms with E-state index in [1.54, 1.807) is 59.5 Å². The number of nitrogens with one attached hydrogen (secondary N) is 1. The third-order valence-electron chi connectivity index (χ3n) is 5.53. The Morgan fingerprint density at radius 3 is 2.67 bits per heavy atom. The Hall–Kier alpha value is -3.84. The number of amides is 2. The number of rotatable bonds is 4. The lowest BCUT2D eigenvalue weighted by molar-refractivity contribution is -0.115. The van der Waals surface area contributed by atoms with Gasteiger partial charge >= 0.3 is 0 Å². The van der Waals surface area contributed by atoms with Crippen LogP contribution in [0.15, 0.2) is 93.5 Å². The quantitative estimate of drug-likeness (QED) is 0.441. The molecule has 0 unspecified atom stereocenters. The molecule has 1 aliphatic heterocycles. The number of nitrogens with zero attached hydrogens (tertiary/aromatic N) is 2. The van der Waals surface area contributed by atoms with Gasteiger partial charge in [-0.2, -0.15) is 0 Å². The van der Waals surface area contributed by atoms with Crippen molar-refractivity contribution in [2.45, 2.75) is 29.8 Å². The fourth-order valence-electron chi connectivity index (χ4n) is 3.77. The van der Waals surface area contributed by atoms with Crippen LogP contribution in [0.5, 0.6) is 0 Å². The van der Waals surface area contributed by atoms with Crippen LogP contribution in [0, 0.1) is 6.92 Å². The van der Waals surface area contributed by atoms with Crippen LogP contribution in [0.3, 0.4) is 0 Å². The summed E-state index contributed by atoms with van der Waals surface area (Å²) in [5.74, 6) is 0.478. The standard InChI is InChI=1S/C26H21N3O3S/c1-17-19(12-14-32-17)15-24(30)28-21-10-8-18(9-11-21)26(31)29-16-20-5-2-3-7-23(20)33-25-22(29)6-4-13-27-25/h2-14H,15-16H2,1H3,(H,28,30). The first-order chi connectivity index (χ1) is 16.1. The maximum atomic E-state index is 13.5. The average Bonchev–Trinajstić information content (AvgIpc) is 3.14. The highest BCUT2D eigenvalue weighted by Crippen LogP contribution is 2.40. The predicted octanol–water partition coefficient (Wildman–Crippen LogP) is 5.48. The van der Waals surface area contributed by atoms with E-state index in [-0.39, 0.29) is 18.2 Å². The lowest BCUT2D eigenvalue weighted by Crippen LogP contribution is -2.30. The molecule has 2 aromatic heterocycles. The normalized spacial score (nSPS) is 12.5. The zero-order valence-corrected chi connectivity index (χ0v) is 18.8. The number of carbonyl (C=O) groups excluding carboxylic acids is 2. The van der Waals surface area contributed by atoms with Gasteiger partial charge in [-0.25, -0.2) is 4.98 Å². The van der Waals surface area contributed by atoms with Gasteiger partial charge < -0.3 is 14.6 Å². The summed E-state index contributed by atoms with van der Waals surface area (Å²) in [6.07, 6.45) is 3.55. The van der Waals surface area contributed by atoms with Gasteiger partial charge in [-0.1, -0.05) is 30.0 Å². The highest BCUT2D eigenvalue weighted by atomic mass is 32.2. The number of furan rings is 1. The molecule has 5 rings (SSSR count). The van der Waals surface area contributed by atoms with Crippen LogP contribution in [0.2, 0.25) is 0 Å². The highest BCUT2D eigenvalue weighted by Gasteiger charge is 2.26. The Kier molecular flexibility index (Phi) is 5.71. The topological polar surface area (TPSA) is 75.4 Å². The Morgan fingerprint density at radius 1 is 1.06 bits per heavy atom. The molecule has 1 N–H and O–H groups in total. The first-order valence-corrected chi connectivity index (χ1v) is 11.4. The minimum atomic E-state index is -0.139. The summed E-state index contributed by atoms with van der Waals surface area (Å²) in [7, 11) is 0. The summed E-state index contributed by atoms with van der Waals surface area (Å²) in [4.78, 5) is 33.2. The third kappa shape index (κ3) is 4.40. The lowest BCUT2D eigenvalue weighted by Gasteiger charge is -2.22. The molecule has 6 nitrogen and oxygen atoms in total. The molecule has 0 saturated heterocycles. The zero-order chi connectivity index (χ0) is 22.8. The van der Waals surface area contributed by atoms with Crippen LogP contribution < -0.4 is 10.2 Å². The Morgan fingerprint density at radius 2 is 1.88 bits per heavy atom.